The predicted octanol–water partition coefficient (Wildman–Crippen LogP) is 1.08. The summed E-state index contributed by atoms with van der Waals surface area (Å²) >= 11 is 3.31. The van der Waals surface area contributed by atoms with Gasteiger partial charge in [0.15, 0.2) is 0 Å². The first-order valence-electron chi connectivity index (χ1n) is 4.10. The molecule has 0 saturated heterocycles. The summed E-state index contributed by atoms with van der Waals surface area (Å²) in [6, 6.07) is 7.37. The zero-order valence-electron chi connectivity index (χ0n) is 7.52. The molecular formula is C9H12BrNO3. The number of aliphatic hydroxyl groups is 1. The van der Waals surface area contributed by atoms with Gasteiger partial charge in [0.25, 0.3) is 0 Å². The van der Waals surface area contributed by atoms with Crippen LogP contribution in [0.4, 0.5) is 0 Å². The summed E-state index contributed by atoms with van der Waals surface area (Å²) < 4.78 is 6.22. The van der Waals surface area contributed by atoms with Crippen LogP contribution in [0.3, 0.4) is 0 Å². The van der Waals surface area contributed by atoms with E-state index >= 15 is 0 Å². The molecule has 0 aliphatic rings. The van der Waals surface area contributed by atoms with E-state index in [-0.39, 0.29) is 13.2 Å². The quantitative estimate of drug-likeness (QED) is 0.779. The van der Waals surface area contributed by atoms with Crippen molar-refractivity contribution >= 4 is 15.9 Å². The van der Waals surface area contributed by atoms with E-state index in [1.165, 1.54) is 0 Å². The highest BCUT2D eigenvalue weighted by Crippen LogP contribution is 2.17. The topological polar surface area (TPSA) is 64.7 Å². The average Bonchev–Trinajstić information content (AvgIpc) is 2.15. The Labute approximate surface area is 90.7 Å². The fourth-order valence-corrected chi connectivity index (χ4v) is 1.29. The molecule has 3 N–H and O–H groups in total. The third-order valence-electron chi connectivity index (χ3n) is 1.53. The molecule has 4 nitrogen and oxygen atoms in total. The summed E-state index contributed by atoms with van der Waals surface area (Å²) in [4.78, 5) is 4.28. The monoisotopic (exact) mass is 261 g/mol. The van der Waals surface area contributed by atoms with Gasteiger partial charge in [-0.15, -0.1) is 0 Å². The Morgan fingerprint density at radius 2 is 2.21 bits per heavy atom. The smallest absolute Gasteiger partial charge is 0.120 e. The Morgan fingerprint density at radius 3 is 2.86 bits per heavy atom. The summed E-state index contributed by atoms with van der Waals surface area (Å²) in [5.41, 5.74) is 0. The van der Waals surface area contributed by atoms with Gasteiger partial charge in [-0.05, 0) is 18.2 Å². The molecule has 0 aromatic heterocycles. The highest BCUT2D eigenvalue weighted by atomic mass is 79.9. The third-order valence-corrected chi connectivity index (χ3v) is 2.02. The minimum atomic E-state index is -0.709. The molecule has 0 fully saturated rings. The Balaban J connectivity index is 2.37. The van der Waals surface area contributed by atoms with Gasteiger partial charge in [0, 0.05) is 4.47 Å². The van der Waals surface area contributed by atoms with Gasteiger partial charge in [0.1, 0.15) is 18.5 Å². The molecule has 0 radical (unpaired) electrons. The number of hydrogen-bond donors (Lipinski definition) is 2. The minimum Gasteiger partial charge on any atom is -0.491 e. The number of ether oxygens (including phenoxy) is 1. The van der Waals surface area contributed by atoms with Gasteiger partial charge in [-0.2, -0.15) is 0 Å². The first-order valence-corrected chi connectivity index (χ1v) is 4.90. The van der Waals surface area contributed by atoms with E-state index < -0.39 is 6.10 Å². The SMILES string of the molecule is NOCC(O)COc1cccc(Br)c1. The van der Waals surface area contributed by atoms with Crippen molar-refractivity contribution in [3.8, 4) is 5.75 Å². The third kappa shape index (κ3) is 4.06. The van der Waals surface area contributed by atoms with Crippen molar-refractivity contribution in [2.24, 2.45) is 5.90 Å². The number of benzene rings is 1. The van der Waals surface area contributed by atoms with Crippen molar-refractivity contribution in [2.45, 2.75) is 6.10 Å². The van der Waals surface area contributed by atoms with E-state index in [4.69, 9.17) is 10.6 Å². The standard InChI is InChI=1S/C9H12BrNO3/c10-7-2-1-3-9(4-7)13-5-8(12)6-14-11/h1-4,8,12H,5-6,11H2. The van der Waals surface area contributed by atoms with Crippen molar-refractivity contribution < 1.29 is 14.7 Å². The second-order valence-electron chi connectivity index (χ2n) is 2.76. The molecular weight excluding hydrogens is 250 g/mol. The first-order chi connectivity index (χ1) is 6.72. The Hall–Kier alpha value is -0.620. The highest BCUT2D eigenvalue weighted by Gasteiger charge is 2.04. The molecule has 0 saturated carbocycles. The van der Waals surface area contributed by atoms with E-state index in [9.17, 15) is 5.11 Å². The molecule has 0 spiro atoms. The lowest BCUT2D eigenvalue weighted by Gasteiger charge is -2.10. The van der Waals surface area contributed by atoms with Crippen LogP contribution in [0.25, 0.3) is 0 Å². The molecule has 0 amide bonds. The van der Waals surface area contributed by atoms with Crippen LogP contribution in [0.1, 0.15) is 0 Å². The van der Waals surface area contributed by atoms with Gasteiger partial charge in [0.2, 0.25) is 0 Å². The highest BCUT2D eigenvalue weighted by molar-refractivity contribution is 9.10. The maximum atomic E-state index is 9.24. The normalized spacial score (nSPS) is 12.5. The van der Waals surface area contributed by atoms with Crippen LogP contribution in [-0.2, 0) is 4.84 Å². The average molecular weight is 262 g/mol. The van der Waals surface area contributed by atoms with Crippen molar-refractivity contribution in [1.82, 2.24) is 0 Å². The van der Waals surface area contributed by atoms with Gasteiger partial charge in [-0.1, -0.05) is 22.0 Å². The molecule has 0 bridgehead atoms. The lowest BCUT2D eigenvalue weighted by Crippen LogP contribution is -2.25. The van der Waals surface area contributed by atoms with E-state index in [0.29, 0.717) is 5.75 Å². The maximum absolute atomic E-state index is 9.24. The predicted molar refractivity (Wildman–Crippen MR) is 55.8 cm³/mol. The van der Waals surface area contributed by atoms with Gasteiger partial charge in [0.05, 0.1) is 6.61 Å². The maximum Gasteiger partial charge on any atom is 0.120 e. The zero-order valence-corrected chi connectivity index (χ0v) is 9.11. The van der Waals surface area contributed by atoms with Crippen molar-refractivity contribution in [3.05, 3.63) is 28.7 Å². The van der Waals surface area contributed by atoms with E-state index in [0.717, 1.165) is 4.47 Å². The molecule has 14 heavy (non-hydrogen) atoms. The Bertz CT molecular complexity index is 283. The fourth-order valence-electron chi connectivity index (χ4n) is 0.908. The van der Waals surface area contributed by atoms with Crippen LogP contribution in [0.5, 0.6) is 5.75 Å². The van der Waals surface area contributed by atoms with Crippen LogP contribution in [0.15, 0.2) is 28.7 Å². The number of aliphatic hydroxyl groups excluding tert-OH is 1. The molecule has 0 heterocycles. The van der Waals surface area contributed by atoms with Crippen LogP contribution in [-0.4, -0.2) is 24.4 Å². The molecule has 1 unspecified atom stereocenters. The molecule has 1 aromatic carbocycles. The molecule has 5 heteroatoms. The van der Waals surface area contributed by atoms with Crippen molar-refractivity contribution in [1.29, 1.82) is 0 Å². The Morgan fingerprint density at radius 1 is 1.43 bits per heavy atom. The molecule has 1 aromatic rings. The van der Waals surface area contributed by atoms with Crippen molar-refractivity contribution in [3.63, 3.8) is 0 Å². The Kier molecular flexibility index (Phi) is 4.89. The zero-order chi connectivity index (χ0) is 10.4. The molecule has 1 rings (SSSR count). The summed E-state index contributed by atoms with van der Waals surface area (Å²) in [5, 5.41) is 9.24. The summed E-state index contributed by atoms with van der Waals surface area (Å²) in [5.74, 6) is 5.49. The number of rotatable bonds is 5. The van der Waals surface area contributed by atoms with Crippen molar-refractivity contribution in [2.75, 3.05) is 13.2 Å². The fraction of sp³-hybridized carbons (Fsp3) is 0.333. The second kappa shape index (κ2) is 5.98. The van der Waals surface area contributed by atoms with E-state index in [1.54, 1.807) is 6.07 Å². The largest absolute Gasteiger partial charge is 0.491 e. The second-order valence-corrected chi connectivity index (χ2v) is 3.67. The van der Waals surface area contributed by atoms with E-state index in [2.05, 4.69) is 20.8 Å². The molecule has 78 valence electrons. The van der Waals surface area contributed by atoms with Crippen LogP contribution < -0.4 is 10.6 Å². The molecule has 0 aliphatic heterocycles. The first kappa shape index (κ1) is 11.5. The van der Waals surface area contributed by atoms with E-state index in [1.807, 2.05) is 18.2 Å². The summed E-state index contributed by atoms with van der Waals surface area (Å²) in [7, 11) is 0. The summed E-state index contributed by atoms with van der Waals surface area (Å²) in [6.45, 7) is 0.224. The van der Waals surface area contributed by atoms with Gasteiger partial charge in [-0.3, -0.25) is 0 Å². The van der Waals surface area contributed by atoms with Gasteiger partial charge >= 0.3 is 0 Å². The summed E-state index contributed by atoms with van der Waals surface area (Å²) in [6.07, 6.45) is -0.709. The van der Waals surface area contributed by atoms with Gasteiger partial charge in [-0.25, -0.2) is 5.90 Å². The van der Waals surface area contributed by atoms with Crippen LogP contribution in [0.2, 0.25) is 0 Å². The number of nitrogens with two attached hydrogens (primary N) is 1. The van der Waals surface area contributed by atoms with Crippen LogP contribution >= 0.6 is 15.9 Å². The van der Waals surface area contributed by atoms with Crippen LogP contribution in [0, 0.1) is 0 Å². The lowest BCUT2D eigenvalue weighted by atomic mass is 10.3. The minimum absolute atomic E-state index is 0.0635. The number of halogens is 1. The van der Waals surface area contributed by atoms with Gasteiger partial charge < -0.3 is 14.7 Å². The molecule has 1 atom stereocenters. The number of hydrogen-bond acceptors (Lipinski definition) is 4. The molecule has 0 aliphatic carbocycles. The lowest BCUT2D eigenvalue weighted by molar-refractivity contribution is 0.0116.